The normalized spacial score (nSPS) is 14.4. The van der Waals surface area contributed by atoms with Crippen molar-refractivity contribution in [3.63, 3.8) is 0 Å². The molecule has 0 unspecified atom stereocenters. The molecule has 336 valence electrons. The van der Waals surface area contributed by atoms with Crippen molar-refractivity contribution in [1.29, 1.82) is 0 Å². The van der Waals surface area contributed by atoms with Crippen LogP contribution in [0.3, 0.4) is 0 Å². The van der Waals surface area contributed by atoms with Crippen molar-refractivity contribution in [2.75, 3.05) is 4.90 Å². The van der Waals surface area contributed by atoms with E-state index >= 15 is 0 Å². The number of aromatic nitrogens is 1. The van der Waals surface area contributed by atoms with Crippen LogP contribution >= 0.6 is 11.8 Å². The molecule has 72 heavy (non-hydrogen) atoms. The van der Waals surface area contributed by atoms with Gasteiger partial charge in [0.25, 0.3) is 0 Å². The molecule has 0 amide bonds. The summed E-state index contributed by atoms with van der Waals surface area (Å²) in [5.41, 5.74) is 20.7. The van der Waals surface area contributed by atoms with E-state index in [4.69, 9.17) is 4.74 Å². The van der Waals surface area contributed by atoms with Crippen molar-refractivity contribution >= 4 is 50.6 Å². The standard InChI is InChI=1S/C68H42N2OS/c1-2-19-43(20-3-1)70-59-31-13-6-22-47(59)48-39-37-45(42-61(48)70)69(44-38-40-53-50(41-44)46-21-4-7-24-51(46)67(53)56-28-11-16-35-64(56)72-65-36-17-12-29-57(65)67)60-32-18-30-58-66(60)49-23-5-8-25-52(49)68(58)54-26-9-14-33-62(54)71-63-34-15-10-27-55(63)68/h1-42H. The number of nitrogens with zero attached hydrogens (tertiary/aromatic N) is 2. The molecule has 0 atom stereocenters. The van der Waals surface area contributed by atoms with Gasteiger partial charge in [0, 0.05) is 54.3 Å². The van der Waals surface area contributed by atoms with Gasteiger partial charge in [-0.05, 0) is 123 Å². The quantitative estimate of drug-likeness (QED) is 0.175. The van der Waals surface area contributed by atoms with Gasteiger partial charge in [0.1, 0.15) is 11.5 Å². The molecule has 16 rings (SSSR count). The molecule has 12 aromatic rings. The van der Waals surface area contributed by atoms with Crippen LogP contribution < -0.4 is 9.64 Å². The summed E-state index contributed by atoms with van der Waals surface area (Å²) in [6.45, 7) is 0. The summed E-state index contributed by atoms with van der Waals surface area (Å²) >= 11 is 1.89. The molecule has 4 heteroatoms. The summed E-state index contributed by atoms with van der Waals surface area (Å²) in [4.78, 5) is 5.15. The van der Waals surface area contributed by atoms with Gasteiger partial charge in [-0.25, -0.2) is 0 Å². The second-order valence-electron chi connectivity index (χ2n) is 19.4. The molecule has 0 radical (unpaired) electrons. The Morgan fingerprint density at radius 1 is 0.347 bits per heavy atom. The Morgan fingerprint density at radius 3 is 1.60 bits per heavy atom. The lowest BCUT2D eigenvalue weighted by Crippen LogP contribution is -2.32. The minimum atomic E-state index is -0.619. The maximum atomic E-state index is 6.77. The fourth-order valence-electron chi connectivity index (χ4n) is 13.4. The van der Waals surface area contributed by atoms with Gasteiger partial charge in [-0.2, -0.15) is 0 Å². The summed E-state index contributed by atoms with van der Waals surface area (Å²) in [6, 6.07) is 94.7. The Hall–Kier alpha value is -8.83. The lowest BCUT2D eigenvalue weighted by molar-refractivity contribution is 0.436. The molecular weight excluding hydrogens is 893 g/mol. The molecule has 4 aliphatic rings. The first-order valence-corrected chi connectivity index (χ1v) is 25.6. The number of hydrogen-bond donors (Lipinski definition) is 0. The van der Waals surface area contributed by atoms with Crippen molar-refractivity contribution in [1.82, 2.24) is 4.57 Å². The predicted molar refractivity (Wildman–Crippen MR) is 294 cm³/mol. The summed E-state index contributed by atoms with van der Waals surface area (Å²) < 4.78 is 9.20. The number of benzene rings is 11. The van der Waals surface area contributed by atoms with Crippen molar-refractivity contribution in [2.45, 2.75) is 20.6 Å². The van der Waals surface area contributed by atoms with E-state index in [0.717, 1.165) is 50.9 Å². The second-order valence-corrected chi connectivity index (χ2v) is 20.5. The molecule has 11 aromatic carbocycles. The SMILES string of the molecule is c1ccc(-n2c3ccccc3c3ccc(N(c4ccc5c(c4)-c4ccccc4C54c5ccccc5Sc5ccccc54)c4cccc5c4-c4ccccc4C54c5ccccc5Oc5ccccc54)cc32)cc1. The van der Waals surface area contributed by atoms with Crippen LogP contribution in [-0.2, 0) is 10.8 Å². The first-order chi connectivity index (χ1) is 35.7. The topological polar surface area (TPSA) is 17.4 Å². The monoisotopic (exact) mass is 934 g/mol. The molecule has 3 heterocycles. The van der Waals surface area contributed by atoms with Gasteiger partial charge in [0.15, 0.2) is 0 Å². The number of para-hydroxylation sites is 4. The molecule has 0 N–H and O–H groups in total. The maximum absolute atomic E-state index is 6.77. The lowest BCUT2D eigenvalue weighted by Gasteiger charge is -2.40. The van der Waals surface area contributed by atoms with Gasteiger partial charge in [0.05, 0.1) is 27.6 Å². The van der Waals surface area contributed by atoms with Gasteiger partial charge in [-0.1, -0.05) is 194 Å². The number of ether oxygens (including phenoxy) is 1. The predicted octanol–water partition coefficient (Wildman–Crippen LogP) is 17.5. The minimum Gasteiger partial charge on any atom is -0.457 e. The molecule has 0 saturated heterocycles. The zero-order valence-corrected chi connectivity index (χ0v) is 39.8. The zero-order chi connectivity index (χ0) is 47.1. The molecule has 2 aliphatic carbocycles. The smallest absolute Gasteiger partial charge is 0.132 e. The van der Waals surface area contributed by atoms with Gasteiger partial charge >= 0.3 is 0 Å². The van der Waals surface area contributed by atoms with E-state index in [0.29, 0.717) is 0 Å². The molecule has 0 saturated carbocycles. The first kappa shape index (κ1) is 40.0. The van der Waals surface area contributed by atoms with E-state index in [9.17, 15) is 0 Å². The Labute approximate surface area is 421 Å². The Bertz CT molecular complexity index is 4170. The fraction of sp³-hybridized carbons (Fsp3) is 0.0294. The van der Waals surface area contributed by atoms with Crippen LogP contribution in [0.4, 0.5) is 17.1 Å². The molecule has 2 spiro atoms. The Kier molecular flexibility index (Phi) is 8.24. The van der Waals surface area contributed by atoms with E-state index in [1.807, 2.05) is 11.8 Å². The highest BCUT2D eigenvalue weighted by molar-refractivity contribution is 7.99. The van der Waals surface area contributed by atoms with E-state index in [1.54, 1.807) is 0 Å². The van der Waals surface area contributed by atoms with E-state index in [1.165, 1.54) is 81.7 Å². The number of rotatable bonds is 4. The van der Waals surface area contributed by atoms with Crippen molar-refractivity contribution < 1.29 is 4.74 Å². The molecule has 2 aliphatic heterocycles. The van der Waals surface area contributed by atoms with E-state index < -0.39 is 10.8 Å². The lowest BCUT2D eigenvalue weighted by atomic mass is 9.66. The van der Waals surface area contributed by atoms with E-state index in [-0.39, 0.29) is 0 Å². The average Bonchev–Trinajstić information content (AvgIpc) is 4.05. The second kappa shape index (κ2) is 14.8. The van der Waals surface area contributed by atoms with Crippen LogP contribution in [-0.4, -0.2) is 4.57 Å². The largest absolute Gasteiger partial charge is 0.457 e. The number of fused-ring (bicyclic) bond motifs is 21. The Balaban J connectivity index is 1.01. The number of hydrogen-bond acceptors (Lipinski definition) is 3. The van der Waals surface area contributed by atoms with E-state index in [2.05, 4.69) is 264 Å². The number of anilines is 3. The third kappa shape index (κ3) is 5.11. The molecule has 0 fully saturated rings. The van der Waals surface area contributed by atoms with Gasteiger partial charge in [0.2, 0.25) is 0 Å². The van der Waals surface area contributed by atoms with Gasteiger partial charge in [-0.15, -0.1) is 0 Å². The molecular formula is C68H42N2OS. The van der Waals surface area contributed by atoms with Crippen LogP contribution in [0.25, 0.3) is 49.7 Å². The molecule has 3 nitrogen and oxygen atoms in total. The highest BCUT2D eigenvalue weighted by Crippen LogP contribution is 2.66. The first-order valence-electron chi connectivity index (χ1n) is 24.8. The molecule has 1 aromatic heterocycles. The fourth-order valence-corrected chi connectivity index (χ4v) is 14.6. The van der Waals surface area contributed by atoms with Gasteiger partial charge in [-0.3, -0.25) is 0 Å². The summed E-state index contributed by atoms with van der Waals surface area (Å²) in [6.07, 6.45) is 0. The average molecular weight is 935 g/mol. The summed E-state index contributed by atoms with van der Waals surface area (Å²) in [5, 5.41) is 2.45. The third-order valence-corrected chi connectivity index (χ3v) is 17.3. The summed E-state index contributed by atoms with van der Waals surface area (Å²) in [7, 11) is 0. The van der Waals surface area contributed by atoms with Crippen LogP contribution in [0.5, 0.6) is 11.5 Å². The van der Waals surface area contributed by atoms with Crippen LogP contribution in [0.1, 0.15) is 44.5 Å². The minimum absolute atomic E-state index is 0.480. The van der Waals surface area contributed by atoms with Crippen molar-refractivity contribution in [3.8, 4) is 39.4 Å². The molecule has 0 bridgehead atoms. The van der Waals surface area contributed by atoms with Crippen LogP contribution in [0.15, 0.2) is 265 Å². The highest BCUT2D eigenvalue weighted by atomic mass is 32.2. The maximum Gasteiger partial charge on any atom is 0.132 e. The van der Waals surface area contributed by atoms with Gasteiger partial charge < -0.3 is 14.2 Å². The zero-order valence-electron chi connectivity index (χ0n) is 39.0. The third-order valence-electron chi connectivity index (χ3n) is 16.1. The van der Waals surface area contributed by atoms with Crippen molar-refractivity contribution in [2.24, 2.45) is 0 Å². The Morgan fingerprint density at radius 2 is 0.861 bits per heavy atom. The van der Waals surface area contributed by atoms with Crippen LogP contribution in [0, 0.1) is 0 Å². The van der Waals surface area contributed by atoms with Crippen molar-refractivity contribution in [3.05, 3.63) is 299 Å². The highest BCUT2D eigenvalue weighted by Gasteiger charge is 2.53. The van der Waals surface area contributed by atoms with Crippen LogP contribution in [0.2, 0.25) is 0 Å². The summed E-state index contributed by atoms with van der Waals surface area (Å²) in [5.74, 6) is 1.77.